The van der Waals surface area contributed by atoms with E-state index in [1.165, 1.54) is 4.88 Å². The third-order valence-corrected chi connectivity index (χ3v) is 2.79. The summed E-state index contributed by atoms with van der Waals surface area (Å²) in [6.45, 7) is 0. The van der Waals surface area contributed by atoms with Gasteiger partial charge >= 0.3 is 0 Å². The molecular weight excluding hydrogens is 144 g/mol. The summed E-state index contributed by atoms with van der Waals surface area (Å²) in [4.78, 5) is 1.31. The molecule has 1 saturated carbocycles. The molecule has 1 aliphatic carbocycles. The monoisotopic (exact) mass is 154 g/mol. The fourth-order valence-electron chi connectivity index (χ4n) is 1.06. The van der Waals surface area contributed by atoms with Crippen molar-refractivity contribution in [1.82, 2.24) is 0 Å². The van der Waals surface area contributed by atoms with E-state index in [1.807, 2.05) is 6.07 Å². The Morgan fingerprint density at radius 1 is 1.60 bits per heavy atom. The molecule has 1 nitrogen and oxygen atoms in total. The second kappa shape index (κ2) is 2.07. The van der Waals surface area contributed by atoms with Crippen LogP contribution in [0.25, 0.3) is 0 Å². The Hall–Kier alpha value is -0.340. The van der Waals surface area contributed by atoms with Crippen LogP contribution in [0.5, 0.6) is 0 Å². The van der Waals surface area contributed by atoms with Crippen LogP contribution in [0.3, 0.4) is 0 Å². The van der Waals surface area contributed by atoms with E-state index in [2.05, 4.69) is 11.4 Å². The standard InChI is InChI=1S/C8H10OS/c9-8(3-4-8)6-7-2-1-5-10-7/h1-2,5,9H,3-4,6H2. The zero-order valence-electron chi connectivity index (χ0n) is 5.71. The van der Waals surface area contributed by atoms with Crippen LogP contribution in [-0.4, -0.2) is 10.7 Å². The summed E-state index contributed by atoms with van der Waals surface area (Å²) in [7, 11) is 0. The Morgan fingerprint density at radius 3 is 2.90 bits per heavy atom. The van der Waals surface area contributed by atoms with E-state index in [0.717, 1.165) is 19.3 Å². The van der Waals surface area contributed by atoms with E-state index in [9.17, 15) is 5.11 Å². The van der Waals surface area contributed by atoms with Gasteiger partial charge < -0.3 is 5.11 Å². The molecule has 0 amide bonds. The van der Waals surface area contributed by atoms with Gasteiger partial charge in [0.15, 0.2) is 0 Å². The van der Waals surface area contributed by atoms with Crippen LogP contribution in [0, 0.1) is 0 Å². The smallest absolute Gasteiger partial charge is 0.0698 e. The number of hydrogen-bond acceptors (Lipinski definition) is 2. The molecule has 0 saturated heterocycles. The maximum atomic E-state index is 9.51. The molecule has 0 atom stereocenters. The summed E-state index contributed by atoms with van der Waals surface area (Å²) in [5.74, 6) is 0. The van der Waals surface area contributed by atoms with E-state index in [4.69, 9.17) is 0 Å². The van der Waals surface area contributed by atoms with Crippen molar-refractivity contribution < 1.29 is 5.11 Å². The van der Waals surface area contributed by atoms with Crippen molar-refractivity contribution >= 4 is 11.3 Å². The van der Waals surface area contributed by atoms with Crippen LogP contribution in [0.4, 0.5) is 0 Å². The van der Waals surface area contributed by atoms with Gasteiger partial charge in [-0.3, -0.25) is 0 Å². The zero-order chi connectivity index (χ0) is 7.03. The molecule has 1 aromatic rings. The summed E-state index contributed by atoms with van der Waals surface area (Å²) in [5.41, 5.74) is -0.315. The fraction of sp³-hybridized carbons (Fsp3) is 0.500. The van der Waals surface area contributed by atoms with Crippen LogP contribution in [0.2, 0.25) is 0 Å². The first-order valence-electron chi connectivity index (χ1n) is 3.53. The lowest BCUT2D eigenvalue weighted by Crippen LogP contribution is -2.08. The Labute approximate surface area is 64.3 Å². The van der Waals surface area contributed by atoms with E-state index >= 15 is 0 Å². The van der Waals surface area contributed by atoms with Crippen molar-refractivity contribution in [3.63, 3.8) is 0 Å². The molecule has 1 fully saturated rings. The first-order chi connectivity index (χ1) is 4.79. The number of thiophene rings is 1. The van der Waals surface area contributed by atoms with Gasteiger partial charge in [0.2, 0.25) is 0 Å². The lowest BCUT2D eigenvalue weighted by molar-refractivity contribution is 0.152. The van der Waals surface area contributed by atoms with E-state index in [0.29, 0.717) is 0 Å². The summed E-state index contributed by atoms with van der Waals surface area (Å²) in [5, 5.41) is 11.6. The largest absolute Gasteiger partial charge is 0.390 e. The zero-order valence-corrected chi connectivity index (χ0v) is 6.53. The third kappa shape index (κ3) is 1.22. The highest BCUT2D eigenvalue weighted by Gasteiger charge is 2.40. The molecule has 2 heteroatoms. The van der Waals surface area contributed by atoms with Gasteiger partial charge in [-0.05, 0) is 24.3 Å². The summed E-state index contributed by atoms with van der Waals surface area (Å²) >= 11 is 1.73. The Kier molecular flexibility index (Phi) is 1.32. The molecular formula is C8H10OS. The summed E-state index contributed by atoms with van der Waals surface area (Å²) in [6, 6.07) is 4.12. The molecule has 1 aliphatic rings. The average molecular weight is 154 g/mol. The topological polar surface area (TPSA) is 20.2 Å². The minimum atomic E-state index is -0.315. The Bertz CT molecular complexity index is 211. The summed E-state index contributed by atoms with van der Waals surface area (Å²) in [6.07, 6.45) is 2.85. The van der Waals surface area contributed by atoms with Gasteiger partial charge in [-0.25, -0.2) is 0 Å². The van der Waals surface area contributed by atoms with Crippen LogP contribution in [0.15, 0.2) is 17.5 Å². The second-order valence-corrected chi connectivity index (χ2v) is 4.01. The van der Waals surface area contributed by atoms with Gasteiger partial charge in [-0.2, -0.15) is 0 Å². The minimum Gasteiger partial charge on any atom is -0.390 e. The number of rotatable bonds is 2. The molecule has 54 valence electrons. The van der Waals surface area contributed by atoms with Crippen molar-refractivity contribution in [2.24, 2.45) is 0 Å². The van der Waals surface area contributed by atoms with E-state index < -0.39 is 0 Å². The van der Waals surface area contributed by atoms with Crippen molar-refractivity contribution in [3.8, 4) is 0 Å². The second-order valence-electron chi connectivity index (χ2n) is 2.98. The highest BCUT2D eigenvalue weighted by Crippen LogP contribution is 2.38. The molecule has 0 aliphatic heterocycles. The van der Waals surface area contributed by atoms with Crippen molar-refractivity contribution in [2.75, 3.05) is 0 Å². The van der Waals surface area contributed by atoms with Gasteiger partial charge in [0.1, 0.15) is 0 Å². The molecule has 0 radical (unpaired) electrons. The van der Waals surface area contributed by atoms with Gasteiger partial charge in [0.25, 0.3) is 0 Å². The highest BCUT2D eigenvalue weighted by atomic mass is 32.1. The van der Waals surface area contributed by atoms with Gasteiger partial charge in [-0.1, -0.05) is 6.07 Å². The molecule has 0 bridgehead atoms. The number of hydrogen-bond donors (Lipinski definition) is 1. The van der Waals surface area contributed by atoms with E-state index in [-0.39, 0.29) is 5.60 Å². The van der Waals surface area contributed by atoms with Gasteiger partial charge in [-0.15, -0.1) is 11.3 Å². The fourth-order valence-corrected chi connectivity index (χ4v) is 1.90. The van der Waals surface area contributed by atoms with E-state index in [1.54, 1.807) is 11.3 Å². The van der Waals surface area contributed by atoms with Crippen LogP contribution >= 0.6 is 11.3 Å². The third-order valence-electron chi connectivity index (χ3n) is 1.91. The van der Waals surface area contributed by atoms with Crippen molar-refractivity contribution in [2.45, 2.75) is 24.9 Å². The SMILES string of the molecule is OC1(Cc2cccs2)CC1. The normalized spacial score (nSPS) is 20.9. The van der Waals surface area contributed by atoms with Crippen LogP contribution < -0.4 is 0 Å². The highest BCUT2D eigenvalue weighted by molar-refractivity contribution is 7.09. The minimum absolute atomic E-state index is 0.315. The van der Waals surface area contributed by atoms with Crippen LogP contribution in [0.1, 0.15) is 17.7 Å². The van der Waals surface area contributed by atoms with Crippen LogP contribution in [-0.2, 0) is 6.42 Å². The Balaban J connectivity index is 2.04. The molecule has 2 rings (SSSR count). The molecule has 0 unspecified atom stereocenters. The molecule has 0 aromatic carbocycles. The number of aliphatic hydroxyl groups is 1. The predicted molar refractivity (Wildman–Crippen MR) is 42.2 cm³/mol. The predicted octanol–water partition coefficient (Wildman–Crippen LogP) is 1.82. The molecule has 0 spiro atoms. The molecule has 1 aromatic heterocycles. The van der Waals surface area contributed by atoms with Crippen molar-refractivity contribution in [1.29, 1.82) is 0 Å². The maximum absolute atomic E-state index is 9.51. The quantitative estimate of drug-likeness (QED) is 0.689. The van der Waals surface area contributed by atoms with Gasteiger partial charge in [0.05, 0.1) is 5.60 Å². The first-order valence-corrected chi connectivity index (χ1v) is 4.41. The van der Waals surface area contributed by atoms with Crippen molar-refractivity contribution in [3.05, 3.63) is 22.4 Å². The molecule has 1 N–H and O–H groups in total. The lowest BCUT2D eigenvalue weighted by Gasteiger charge is -2.02. The average Bonchev–Trinajstić information content (AvgIpc) is 2.47. The lowest BCUT2D eigenvalue weighted by atomic mass is 10.2. The summed E-state index contributed by atoms with van der Waals surface area (Å²) < 4.78 is 0. The maximum Gasteiger partial charge on any atom is 0.0698 e. The van der Waals surface area contributed by atoms with Gasteiger partial charge in [0, 0.05) is 11.3 Å². The molecule has 1 heterocycles. The molecule has 10 heavy (non-hydrogen) atoms. The Morgan fingerprint density at radius 2 is 2.40 bits per heavy atom. The first kappa shape index (κ1) is 6.38.